The highest BCUT2D eigenvalue weighted by atomic mass is 16.5. The van der Waals surface area contributed by atoms with Gasteiger partial charge in [0, 0.05) is 5.41 Å². The molecule has 0 heterocycles. The quantitative estimate of drug-likeness (QED) is 0.798. The van der Waals surface area contributed by atoms with E-state index in [-0.39, 0.29) is 17.8 Å². The number of rotatable bonds is 3. The van der Waals surface area contributed by atoms with E-state index in [2.05, 4.69) is 13.0 Å². The summed E-state index contributed by atoms with van der Waals surface area (Å²) in [5, 5.41) is 0. The van der Waals surface area contributed by atoms with Crippen LogP contribution in [0.5, 0.6) is 5.75 Å². The maximum absolute atomic E-state index is 11.8. The Balaban J connectivity index is 2.80. The van der Waals surface area contributed by atoms with Gasteiger partial charge in [-0.3, -0.25) is 4.79 Å². The summed E-state index contributed by atoms with van der Waals surface area (Å²) in [4.78, 5) is 11.8. The second-order valence-electron chi connectivity index (χ2n) is 5.67. The zero-order valence-electron chi connectivity index (χ0n) is 11.7. The molecule has 0 aliphatic heterocycles. The first-order valence-corrected chi connectivity index (χ1v) is 5.96. The molecule has 0 atom stereocenters. The normalized spacial score (nSPS) is 11.4. The lowest BCUT2D eigenvalue weighted by Gasteiger charge is -2.18. The summed E-state index contributed by atoms with van der Waals surface area (Å²) < 4.78 is 5.64. The Morgan fingerprint density at radius 3 is 2.29 bits per heavy atom. The molecule has 0 unspecified atom stereocenters. The summed E-state index contributed by atoms with van der Waals surface area (Å²) in [6, 6.07) is 4.10. The van der Waals surface area contributed by atoms with E-state index >= 15 is 0 Å². The minimum Gasteiger partial charge on any atom is -0.486 e. The molecular formula is C15H22O2. The fourth-order valence-electron chi connectivity index (χ4n) is 1.51. The van der Waals surface area contributed by atoms with E-state index in [0.29, 0.717) is 0 Å². The Morgan fingerprint density at radius 2 is 1.76 bits per heavy atom. The fourth-order valence-corrected chi connectivity index (χ4v) is 1.51. The molecule has 0 saturated carbocycles. The van der Waals surface area contributed by atoms with Crippen molar-refractivity contribution >= 4 is 5.78 Å². The van der Waals surface area contributed by atoms with Crippen LogP contribution < -0.4 is 4.74 Å². The molecule has 2 heteroatoms. The molecule has 1 aromatic rings. The second kappa shape index (κ2) is 4.91. The maximum atomic E-state index is 11.8. The number of ether oxygens (including phenoxy) is 1. The molecule has 0 aromatic heterocycles. The number of aryl methyl sites for hydroxylation is 2. The van der Waals surface area contributed by atoms with Crippen molar-refractivity contribution in [2.24, 2.45) is 5.41 Å². The van der Waals surface area contributed by atoms with Crippen molar-refractivity contribution in [2.75, 3.05) is 6.61 Å². The van der Waals surface area contributed by atoms with Crippen LogP contribution in [0.1, 0.15) is 37.5 Å². The highest BCUT2D eigenvalue weighted by Crippen LogP contribution is 2.24. The Kier molecular flexibility index (Phi) is 3.97. The zero-order chi connectivity index (χ0) is 13.2. The number of carbonyl (C=O) groups is 1. The van der Waals surface area contributed by atoms with Crippen molar-refractivity contribution in [3.05, 3.63) is 28.8 Å². The van der Waals surface area contributed by atoms with Crippen LogP contribution in [0.2, 0.25) is 0 Å². The topological polar surface area (TPSA) is 26.3 Å². The minimum absolute atomic E-state index is 0.121. The molecular weight excluding hydrogens is 212 g/mol. The Hall–Kier alpha value is -1.31. The van der Waals surface area contributed by atoms with E-state index in [4.69, 9.17) is 4.74 Å². The van der Waals surface area contributed by atoms with Gasteiger partial charge in [-0.05, 0) is 43.5 Å². The molecule has 1 aromatic carbocycles. The zero-order valence-corrected chi connectivity index (χ0v) is 11.7. The number of carbonyl (C=O) groups excluding carboxylic acids is 1. The highest BCUT2D eigenvalue weighted by molar-refractivity contribution is 5.85. The smallest absolute Gasteiger partial charge is 0.175 e. The van der Waals surface area contributed by atoms with Crippen LogP contribution in [0.25, 0.3) is 0 Å². The number of Topliss-reactive ketones (excluding diaryl/α,β-unsaturated/α-hetero) is 1. The molecule has 0 spiro atoms. The van der Waals surface area contributed by atoms with Crippen LogP contribution in [0, 0.1) is 26.2 Å². The van der Waals surface area contributed by atoms with E-state index in [1.54, 1.807) is 0 Å². The number of benzene rings is 1. The molecule has 17 heavy (non-hydrogen) atoms. The average molecular weight is 234 g/mol. The second-order valence-corrected chi connectivity index (χ2v) is 5.67. The molecule has 2 nitrogen and oxygen atoms in total. The van der Waals surface area contributed by atoms with Crippen molar-refractivity contribution in [2.45, 2.75) is 41.5 Å². The fraction of sp³-hybridized carbons (Fsp3) is 0.533. The van der Waals surface area contributed by atoms with Gasteiger partial charge in [-0.15, -0.1) is 0 Å². The lowest BCUT2D eigenvalue weighted by molar-refractivity contribution is -0.128. The van der Waals surface area contributed by atoms with Crippen molar-refractivity contribution in [1.29, 1.82) is 0 Å². The van der Waals surface area contributed by atoms with Gasteiger partial charge in [0.2, 0.25) is 0 Å². The van der Waals surface area contributed by atoms with Gasteiger partial charge >= 0.3 is 0 Å². The van der Waals surface area contributed by atoms with E-state index < -0.39 is 0 Å². The van der Waals surface area contributed by atoms with Crippen LogP contribution in [-0.4, -0.2) is 12.4 Å². The first kappa shape index (κ1) is 13.8. The molecule has 0 aliphatic carbocycles. The van der Waals surface area contributed by atoms with Crippen molar-refractivity contribution in [3.8, 4) is 5.75 Å². The lowest BCUT2D eigenvalue weighted by atomic mass is 9.91. The van der Waals surface area contributed by atoms with Crippen LogP contribution in [-0.2, 0) is 4.79 Å². The summed E-state index contributed by atoms with van der Waals surface area (Å²) >= 11 is 0. The Morgan fingerprint density at radius 1 is 1.18 bits per heavy atom. The SMILES string of the molecule is Cc1cc(C)c(C)c(OCC(=O)C(C)(C)C)c1. The van der Waals surface area contributed by atoms with Crippen LogP contribution >= 0.6 is 0 Å². The molecule has 0 saturated heterocycles. The average Bonchev–Trinajstić information content (AvgIpc) is 2.19. The van der Waals surface area contributed by atoms with Crippen molar-refractivity contribution in [1.82, 2.24) is 0 Å². The Bertz CT molecular complexity index is 425. The van der Waals surface area contributed by atoms with E-state index in [1.165, 1.54) is 5.56 Å². The molecule has 0 fully saturated rings. The van der Waals surface area contributed by atoms with Gasteiger partial charge in [0.1, 0.15) is 12.4 Å². The molecule has 94 valence electrons. The molecule has 0 bridgehead atoms. The van der Waals surface area contributed by atoms with Gasteiger partial charge in [0.05, 0.1) is 0 Å². The molecule has 0 aliphatic rings. The number of hydrogen-bond acceptors (Lipinski definition) is 2. The van der Waals surface area contributed by atoms with Crippen molar-refractivity contribution in [3.63, 3.8) is 0 Å². The minimum atomic E-state index is -0.341. The van der Waals surface area contributed by atoms with Gasteiger partial charge in [-0.25, -0.2) is 0 Å². The van der Waals surface area contributed by atoms with Gasteiger partial charge < -0.3 is 4.74 Å². The molecule has 0 amide bonds. The summed E-state index contributed by atoms with van der Waals surface area (Å²) in [6.07, 6.45) is 0. The summed E-state index contributed by atoms with van der Waals surface area (Å²) in [6.45, 7) is 12.0. The first-order chi connectivity index (χ1) is 7.71. The number of hydrogen-bond donors (Lipinski definition) is 0. The van der Waals surface area contributed by atoms with E-state index in [0.717, 1.165) is 16.9 Å². The van der Waals surface area contributed by atoms with Gasteiger partial charge in [-0.2, -0.15) is 0 Å². The predicted molar refractivity (Wildman–Crippen MR) is 70.6 cm³/mol. The van der Waals surface area contributed by atoms with Crippen LogP contribution in [0.4, 0.5) is 0 Å². The summed E-state index contributed by atoms with van der Waals surface area (Å²) in [7, 11) is 0. The number of ketones is 1. The third-order valence-corrected chi connectivity index (χ3v) is 2.96. The monoisotopic (exact) mass is 234 g/mol. The van der Waals surface area contributed by atoms with E-state index in [1.807, 2.05) is 40.7 Å². The highest BCUT2D eigenvalue weighted by Gasteiger charge is 2.21. The molecule has 0 radical (unpaired) electrons. The van der Waals surface area contributed by atoms with Gasteiger partial charge in [0.15, 0.2) is 5.78 Å². The Labute approximate surface area is 104 Å². The standard InChI is InChI=1S/C15H22O2/c1-10-7-11(2)12(3)13(8-10)17-9-14(16)15(4,5)6/h7-8H,9H2,1-6H3. The maximum Gasteiger partial charge on any atom is 0.175 e. The predicted octanol–water partition coefficient (Wildman–Crippen LogP) is 3.61. The van der Waals surface area contributed by atoms with Gasteiger partial charge in [-0.1, -0.05) is 26.8 Å². The van der Waals surface area contributed by atoms with Crippen LogP contribution in [0.15, 0.2) is 12.1 Å². The lowest BCUT2D eigenvalue weighted by Crippen LogP contribution is -2.26. The first-order valence-electron chi connectivity index (χ1n) is 5.96. The molecule has 1 rings (SSSR count). The van der Waals surface area contributed by atoms with Crippen LogP contribution in [0.3, 0.4) is 0 Å². The van der Waals surface area contributed by atoms with Crippen molar-refractivity contribution < 1.29 is 9.53 Å². The summed E-state index contributed by atoms with van der Waals surface area (Å²) in [5.41, 5.74) is 3.12. The van der Waals surface area contributed by atoms with Gasteiger partial charge in [0.25, 0.3) is 0 Å². The molecule has 0 N–H and O–H groups in total. The third kappa shape index (κ3) is 3.58. The summed E-state index contributed by atoms with van der Waals surface area (Å²) in [5.74, 6) is 0.941. The van der Waals surface area contributed by atoms with E-state index in [9.17, 15) is 4.79 Å². The third-order valence-electron chi connectivity index (χ3n) is 2.96. The largest absolute Gasteiger partial charge is 0.486 e.